The van der Waals surface area contributed by atoms with E-state index in [9.17, 15) is 4.79 Å². The minimum absolute atomic E-state index is 0.296. The van der Waals surface area contributed by atoms with Gasteiger partial charge in [0.2, 0.25) is 0 Å². The van der Waals surface area contributed by atoms with Gasteiger partial charge in [-0.2, -0.15) is 0 Å². The van der Waals surface area contributed by atoms with Gasteiger partial charge in [0, 0.05) is 5.92 Å². The molecular formula is C12H12O2. The van der Waals surface area contributed by atoms with Gasteiger partial charge in [-0.3, -0.25) is 4.79 Å². The second-order valence-corrected chi connectivity index (χ2v) is 4.42. The fraction of sp³-hybridized carbons (Fsp3) is 0.417. The first-order valence-corrected chi connectivity index (χ1v) is 5.05. The molecule has 0 aliphatic heterocycles. The molecule has 0 saturated heterocycles. The SMILES string of the molecule is O=C(O)C12CCc3ccccc3C1C2. The summed E-state index contributed by atoms with van der Waals surface area (Å²) in [5, 5.41) is 9.16. The number of carboxylic acids is 1. The molecule has 1 N–H and O–H groups in total. The zero-order valence-electron chi connectivity index (χ0n) is 7.86. The third-order valence-corrected chi connectivity index (χ3v) is 3.77. The normalized spacial score (nSPS) is 33.0. The van der Waals surface area contributed by atoms with E-state index in [2.05, 4.69) is 12.1 Å². The van der Waals surface area contributed by atoms with Crippen molar-refractivity contribution in [1.29, 1.82) is 0 Å². The lowest BCUT2D eigenvalue weighted by Gasteiger charge is -2.20. The van der Waals surface area contributed by atoms with Gasteiger partial charge in [-0.15, -0.1) is 0 Å². The number of carbonyl (C=O) groups is 1. The van der Waals surface area contributed by atoms with Crippen molar-refractivity contribution in [3.05, 3.63) is 35.4 Å². The quantitative estimate of drug-likeness (QED) is 0.733. The molecule has 2 atom stereocenters. The number of hydrogen-bond donors (Lipinski definition) is 1. The van der Waals surface area contributed by atoms with Gasteiger partial charge in [0.1, 0.15) is 0 Å². The molecule has 0 bridgehead atoms. The molecular weight excluding hydrogens is 176 g/mol. The maximum absolute atomic E-state index is 11.1. The van der Waals surface area contributed by atoms with Crippen LogP contribution in [0.4, 0.5) is 0 Å². The van der Waals surface area contributed by atoms with Gasteiger partial charge in [0.15, 0.2) is 0 Å². The molecule has 2 aliphatic carbocycles. The van der Waals surface area contributed by atoms with Crippen LogP contribution in [0.3, 0.4) is 0 Å². The predicted molar refractivity (Wildman–Crippen MR) is 52.2 cm³/mol. The van der Waals surface area contributed by atoms with Crippen LogP contribution < -0.4 is 0 Å². The van der Waals surface area contributed by atoms with Crippen molar-refractivity contribution in [1.82, 2.24) is 0 Å². The Morgan fingerprint density at radius 2 is 2.21 bits per heavy atom. The van der Waals surface area contributed by atoms with Gasteiger partial charge in [-0.25, -0.2) is 0 Å². The van der Waals surface area contributed by atoms with E-state index in [0.717, 1.165) is 19.3 Å². The first-order chi connectivity index (χ1) is 6.74. The second kappa shape index (κ2) is 2.38. The van der Waals surface area contributed by atoms with E-state index in [-0.39, 0.29) is 0 Å². The first kappa shape index (κ1) is 8.04. The van der Waals surface area contributed by atoms with Crippen LogP contribution in [0.1, 0.15) is 29.9 Å². The molecule has 1 saturated carbocycles. The van der Waals surface area contributed by atoms with Gasteiger partial charge in [-0.05, 0) is 30.4 Å². The molecule has 72 valence electrons. The van der Waals surface area contributed by atoms with Crippen LogP contribution in [0, 0.1) is 5.41 Å². The lowest BCUT2D eigenvalue weighted by Crippen LogP contribution is -2.21. The maximum Gasteiger partial charge on any atom is 0.310 e. The predicted octanol–water partition coefficient (Wildman–Crippen LogP) is 2.19. The monoisotopic (exact) mass is 188 g/mol. The fourth-order valence-corrected chi connectivity index (χ4v) is 2.79. The number of fused-ring (bicyclic) bond motifs is 3. The zero-order valence-corrected chi connectivity index (χ0v) is 7.86. The molecule has 14 heavy (non-hydrogen) atoms. The van der Waals surface area contributed by atoms with E-state index in [4.69, 9.17) is 5.11 Å². The fourth-order valence-electron chi connectivity index (χ4n) is 2.79. The van der Waals surface area contributed by atoms with E-state index in [1.807, 2.05) is 12.1 Å². The largest absolute Gasteiger partial charge is 0.481 e. The second-order valence-electron chi connectivity index (χ2n) is 4.42. The zero-order chi connectivity index (χ0) is 9.76. The number of rotatable bonds is 1. The van der Waals surface area contributed by atoms with Crippen molar-refractivity contribution in [3.63, 3.8) is 0 Å². The summed E-state index contributed by atoms with van der Waals surface area (Å²) in [6.45, 7) is 0. The van der Waals surface area contributed by atoms with Gasteiger partial charge in [-0.1, -0.05) is 24.3 Å². The number of benzene rings is 1. The van der Waals surface area contributed by atoms with Crippen molar-refractivity contribution in [2.24, 2.45) is 5.41 Å². The highest BCUT2D eigenvalue weighted by atomic mass is 16.4. The Hall–Kier alpha value is -1.31. The molecule has 2 aliphatic rings. The Morgan fingerprint density at radius 3 is 3.00 bits per heavy atom. The van der Waals surface area contributed by atoms with E-state index >= 15 is 0 Å². The minimum atomic E-state index is -0.600. The molecule has 0 heterocycles. The highest BCUT2D eigenvalue weighted by Gasteiger charge is 2.62. The Labute approximate surface area is 82.6 Å². The molecule has 0 radical (unpaired) electrons. The van der Waals surface area contributed by atoms with Crippen LogP contribution in [0.25, 0.3) is 0 Å². The van der Waals surface area contributed by atoms with E-state index in [1.165, 1.54) is 11.1 Å². The van der Waals surface area contributed by atoms with Crippen LogP contribution in [-0.4, -0.2) is 11.1 Å². The van der Waals surface area contributed by atoms with Crippen LogP contribution in [-0.2, 0) is 11.2 Å². The van der Waals surface area contributed by atoms with Crippen LogP contribution >= 0.6 is 0 Å². The Morgan fingerprint density at radius 1 is 1.43 bits per heavy atom. The lowest BCUT2D eigenvalue weighted by atomic mass is 9.84. The lowest BCUT2D eigenvalue weighted by molar-refractivity contribution is -0.144. The summed E-state index contributed by atoms with van der Waals surface area (Å²) in [5.41, 5.74) is 2.24. The summed E-state index contributed by atoms with van der Waals surface area (Å²) in [6, 6.07) is 8.26. The summed E-state index contributed by atoms with van der Waals surface area (Å²) in [4.78, 5) is 11.1. The molecule has 0 spiro atoms. The molecule has 1 fully saturated rings. The Balaban J connectivity index is 2.05. The highest BCUT2D eigenvalue weighted by molar-refractivity contribution is 5.81. The maximum atomic E-state index is 11.1. The average Bonchev–Trinajstić information content (AvgIpc) is 2.94. The van der Waals surface area contributed by atoms with E-state index < -0.39 is 11.4 Å². The van der Waals surface area contributed by atoms with Crippen molar-refractivity contribution in [2.45, 2.75) is 25.2 Å². The van der Waals surface area contributed by atoms with Crippen molar-refractivity contribution in [3.8, 4) is 0 Å². The third-order valence-electron chi connectivity index (χ3n) is 3.77. The van der Waals surface area contributed by atoms with Crippen molar-refractivity contribution in [2.75, 3.05) is 0 Å². The number of aliphatic carboxylic acids is 1. The Kier molecular flexibility index (Phi) is 1.37. The third kappa shape index (κ3) is 0.834. The number of aryl methyl sites for hydroxylation is 1. The van der Waals surface area contributed by atoms with E-state index in [1.54, 1.807) is 0 Å². The number of hydrogen-bond acceptors (Lipinski definition) is 1. The summed E-state index contributed by atoms with van der Waals surface area (Å²) in [6.07, 6.45) is 2.60. The number of carboxylic acid groups (broad SMARTS) is 1. The summed E-state index contributed by atoms with van der Waals surface area (Å²) >= 11 is 0. The summed E-state index contributed by atoms with van der Waals surface area (Å²) < 4.78 is 0. The van der Waals surface area contributed by atoms with Gasteiger partial charge >= 0.3 is 5.97 Å². The standard InChI is InChI=1S/C12H12O2/c13-11(14)12-6-5-8-3-1-2-4-9(8)10(12)7-12/h1-4,10H,5-7H2,(H,13,14). The molecule has 1 aromatic rings. The van der Waals surface area contributed by atoms with Crippen molar-refractivity contribution < 1.29 is 9.90 Å². The Bertz CT molecular complexity index is 411. The molecule has 2 unspecified atom stereocenters. The molecule has 3 rings (SSSR count). The van der Waals surface area contributed by atoms with Gasteiger partial charge in [0.05, 0.1) is 5.41 Å². The van der Waals surface area contributed by atoms with Crippen molar-refractivity contribution >= 4 is 5.97 Å². The van der Waals surface area contributed by atoms with Crippen LogP contribution in [0.5, 0.6) is 0 Å². The molecule has 0 aromatic heterocycles. The molecule has 2 heteroatoms. The molecule has 1 aromatic carbocycles. The minimum Gasteiger partial charge on any atom is -0.481 e. The average molecular weight is 188 g/mol. The summed E-state index contributed by atoms with van der Waals surface area (Å²) in [5.74, 6) is -0.304. The molecule has 2 nitrogen and oxygen atoms in total. The first-order valence-electron chi connectivity index (χ1n) is 5.05. The summed E-state index contributed by atoms with van der Waals surface area (Å²) in [7, 11) is 0. The molecule has 0 amide bonds. The van der Waals surface area contributed by atoms with Gasteiger partial charge in [0.25, 0.3) is 0 Å². The van der Waals surface area contributed by atoms with Crippen LogP contribution in [0.2, 0.25) is 0 Å². The van der Waals surface area contributed by atoms with Crippen LogP contribution in [0.15, 0.2) is 24.3 Å². The smallest absolute Gasteiger partial charge is 0.310 e. The highest BCUT2D eigenvalue weighted by Crippen LogP contribution is 2.65. The van der Waals surface area contributed by atoms with Gasteiger partial charge < -0.3 is 5.11 Å². The van der Waals surface area contributed by atoms with E-state index in [0.29, 0.717) is 5.92 Å². The topological polar surface area (TPSA) is 37.3 Å².